The van der Waals surface area contributed by atoms with Crippen molar-refractivity contribution in [3.63, 3.8) is 0 Å². The number of ether oxygens (including phenoxy) is 1. The first-order valence-electron chi connectivity index (χ1n) is 7.47. The van der Waals surface area contributed by atoms with Gasteiger partial charge in [0, 0.05) is 25.3 Å². The monoisotopic (exact) mass is 367 g/mol. The summed E-state index contributed by atoms with van der Waals surface area (Å²) in [6, 6.07) is 2.71. The summed E-state index contributed by atoms with van der Waals surface area (Å²) in [6.45, 7) is 1.45. The zero-order valence-electron chi connectivity index (χ0n) is 13.3. The maximum absolute atomic E-state index is 12.6. The fraction of sp³-hybridized carbons (Fsp3) is 0.600. The molecule has 1 fully saturated rings. The predicted molar refractivity (Wildman–Crippen MR) is 85.3 cm³/mol. The number of carbonyl (C=O) groups excluding carboxylic acids is 1. The van der Waals surface area contributed by atoms with Crippen molar-refractivity contribution in [1.82, 2.24) is 9.88 Å². The summed E-state index contributed by atoms with van der Waals surface area (Å²) in [5.74, 6) is -0.401. The molecular formula is C15H21ClF3N3O2. The number of likely N-dealkylation sites (tertiary alicyclic amines) is 1. The SMILES string of the molecule is C[C@@H](N)[C@H]1CCCN(C(=O)c2ncccc2OCC(F)(F)F)C1.Cl. The molecule has 9 heteroatoms. The van der Waals surface area contributed by atoms with E-state index in [2.05, 4.69) is 4.98 Å². The molecule has 2 N–H and O–H groups in total. The second-order valence-electron chi connectivity index (χ2n) is 5.77. The molecule has 1 aromatic heterocycles. The Balaban J connectivity index is 0.00000288. The van der Waals surface area contributed by atoms with Crippen LogP contribution in [0.2, 0.25) is 0 Å². The van der Waals surface area contributed by atoms with Crippen LogP contribution in [-0.2, 0) is 0 Å². The summed E-state index contributed by atoms with van der Waals surface area (Å²) in [5, 5.41) is 0. The number of rotatable bonds is 4. The molecule has 0 saturated carbocycles. The van der Waals surface area contributed by atoms with Crippen LogP contribution in [0.15, 0.2) is 18.3 Å². The van der Waals surface area contributed by atoms with Crippen LogP contribution in [0.1, 0.15) is 30.3 Å². The third-order valence-corrected chi connectivity index (χ3v) is 3.85. The number of halogens is 4. The molecular weight excluding hydrogens is 347 g/mol. The molecule has 1 aromatic rings. The Kier molecular flexibility index (Phi) is 7.28. The van der Waals surface area contributed by atoms with Crippen molar-refractivity contribution in [2.75, 3.05) is 19.7 Å². The van der Waals surface area contributed by atoms with Crippen molar-refractivity contribution in [2.45, 2.75) is 32.0 Å². The highest BCUT2D eigenvalue weighted by Gasteiger charge is 2.31. The van der Waals surface area contributed by atoms with E-state index in [1.807, 2.05) is 6.92 Å². The van der Waals surface area contributed by atoms with Gasteiger partial charge in [0.05, 0.1) is 0 Å². The second-order valence-corrected chi connectivity index (χ2v) is 5.77. The fourth-order valence-electron chi connectivity index (χ4n) is 2.60. The van der Waals surface area contributed by atoms with Crippen LogP contribution >= 0.6 is 12.4 Å². The number of carbonyl (C=O) groups is 1. The van der Waals surface area contributed by atoms with Gasteiger partial charge in [0.1, 0.15) is 0 Å². The van der Waals surface area contributed by atoms with E-state index in [0.29, 0.717) is 13.1 Å². The number of hydrogen-bond acceptors (Lipinski definition) is 4. The Bertz CT molecular complexity index is 555. The van der Waals surface area contributed by atoms with E-state index in [4.69, 9.17) is 10.5 Å². The highest BCUT2D eigenvalue weighted by Crippen LogP contribution is 2.25. The number of piperidine rings is 1. The minimum atomic E-state index is -4.47. The Morgan fingerprint density at radius 3 is 2.88 bits per heavy atom. The lowest BCUT2D eigenvalue weighted by atomic mass is 9.92. The van der Waals surface area contributed by atoms with Gasteiger partial charge in [0.25, 0.3) is 5.91 Å². The van der Waals surface area contributed by atoms with Gasteiger partial charge in [-0.2, -0.15) is 13.2 Å². The molecule has 0 bridgehead atoms. The van der Waals surface area contributed by atoms with E-state index in [1.165, 1.54) is 18.3 Å². The van der Waals surface area contributed by atoms with Crippen molar-refractivity contribution in [3.8, 4) is 5.75 Å². The van der Waals surface area contributed by atoms with Gasteiger partial charge in [-0.1, -0.05) is 0 Å². The molecule has 0 radical (unpaired) electrons. The number of alkyl halides is 3. The van der Waals surface area contributed by atoms with Gasteiger partial charge in [0.2, 0.25) is 0 Å². The van der Waals surface area contributed by atoms with Gasteiger partial charge in [-0.25, -0.2) is 4.98 Å². The van der Waals surface area contributed by atoms with Gasteiger partial charge in [-0.05, 0) is 37.8 Å². The number of nitrogens with two attached hydrogens (primary N) is 1. The molecule has 1 saturated heterocycles. The third-order valence-electron chi connectivity index (χ3n) is 3.85. The lowest BCUT2D eigenvalue weighted by molar-refractivity contribution is -0.153. The van der Waals surface area contributed by atoms with Gasteiger partial charge in [-0.3, -0.25) is 4.79 Å². The van der Waals surface area contributed by atoms with Crippen molar-refractivity contribution in [3.05, 3.63) is 24.0 Å². The zero-order valence-corrected chi connectivity index (χ0v) is 14.1. The number of hydrogen-bond donors (Lipinski definition) is 1. The average Bonchev–Trinajstić information content (AvgIpc) is 2.52. The van der Waals surface area contributed by atoms with Crippen LogP contribution in [0.3, 0.4) is 0 Å². The minimum absolute atomic E-state index is 0. The van der Waals surface area contributed by atoms with E-state index < -0.39 is 18.7 Å². The largest absolute Gasteiger partial charge is 0.482 e. The quantitative estimate of drug-likeness (QED) is 0.888. The molecule has 5 nitrogen and oxygen atoms in total. The summed E-state index contributed by atoms with van der Waals surface area (Å²) in [5.41, 5.74) is 5.80. The zero-order chi connectivity index (χ0) is 17.0. The summed E-state index contributed by atoms with van der Waals surface area (Å²) >= 11 is 0. The molecule has 1 aliphatic heterocycles. The molecule has 0 spiro atoms. The van der Waals surface area contributed by atoms with Gasteiger partial charge in [0.15, 0.2) is 18.1 Å². The predicted octanol–water partition coefficient (Wildman–Crippen LogP) is 2.64. The Hall–Kier alpha value is -1.54. The molecule has 1 aliphatic rings. The lowest BCUT2D eigenvalue weighted by Gasteiger charge is -2.34. The van der Waals surface area contributed by atoms with Gasteiger partial charge in [-0.15, -0.1) is 12.4 Å². The molecule has 0 unspecified atom stereocenters. The topological polar surface area (TPSA) is 68.5 Å². The van der Waals surface area contributed by atoms with Crippen LogP contribution in [0.4, 0.5) is 13.2 Å². The number of aromatic nitrogens is 1. The van der Waals surface area contributed by atoms with E-state index in [0.717, 1.165) is 12.8 Å². The first-order chi connectivity index (χ1) is 10.8. The van der Waals surface area contributed by atoms with Crippen LogP contribution in [0, 0.1) is 5.92 Å². The Morgan fingerprint density at radius 1 is 1.54 bits per heavy atom. The number of amides is 1. The standard InChI is InChI=1S/C15H20F3N3O2.ClH/c1-10(19)11-4-3-7-21(8-11)14(22)13-12(5-2-6-20-13)23-9-15(16,17)18;/h2,5-6,10-11H,3-4,7-9,19H2,1H3;1H/t10-,11+;/m1./s1. The lowest BCUT2D eigenvalue weighted by Crippen LogP contribution is -2.45. The maximum atomic E-state index is 12.6. The summed E-state index contributed by atoms with van der Waals surface area (Å²) < 4.78 is 41.7. The van der Waals surface area contributed by atoms with Crippen LogP contribution < -0.4 is 10.5 Å². The molecule has 136 valence electrons. The van der Waals surface area contributed by atoms with Gasteiger partial charge < -0.3 is 15.4 Å². The number of pyridine rings is 1. The van der Waals surface area contributed by atoms with E-state index in [9.17, 15) is 18.0 Å². The van der Waals surface area contributed by atoms with Gasteiger partial charge >= 0.3 is 6.18 Å². The van der Waals surface area contributed by atoms with E-state index in [-0.39, 0.29) is 35.8 Å². The van der Waals surface area contributed by atoms with Crippen LogP contribution in [0.25, 0.3) is 0 Å². The van der Waals surface area contributed by atoms with Crippen molar-refractivity contribution in [2.24, 2.45) is 11.7 Å². The normalized spacial score (nSPS) is 19.4. The van der Waals surface area contributed by atoms with E-state index in [1.54, 1.807) is 4.90 Å². The summed E-state index contributed by atoms with van der Waals surface area (Å²) in [7, 11) is 0. The molecule has 2 rings (SSSR count). The Morgan fingerprint density at radius 2 is 2.25 bits per heavy atom. The molecule has 2 heterocycles. The van der Waals surface area contributed by atoms with E-state index >= 15 is 0 Å². The second kappa shape index (κ2) is 8.53. The van der Waals surface area contributed by atoms with Crippen molar-refractivity contribution >= 4 is 18.3 Å². The van der Waals surface area contributed by atoms with Crippen LogP contribution in [-0.4, -0.2) is 47.7 Å². The highest BCUT2D eigenvalue weighted by molar-refractivity contribution is 5.95. The molecule has 2 atom stereocenters. The first-order valence-corrected chi connectivity index (χ1v) is 7.47. The maximum Gasteiger partial charge on any atom is 0.422 e. The summed E-state index contributed by atoms with van der Waals surface area (Å²) in [6.07, 6.45) is -1.37. The fourth-order valence-corrected chi connectivity index (χ4v) is 2.60. The Labute approximate surface area is 144 Å². The summed E-state index contributed by atoms with van der Waals surface area (Å²) in [4.78, 5) is 18.1. The van der Waals surface area contributed by atoms with Crippen molar-refractivity contribution < 1.29 is 22.7 Å². The highest BCUT2D eigenvalue weighted by atomic mass is 35.5. The average molecular weight is 368 g/mol. The van der Waals surface area contributed by atoms with Crippen LogP contribution in [0.5, 0.6) is 5.75 Å². The molecule has 24 heavy (non-hydrogen) atoms. The van der Waals surface area contributed by atoms with Crippen molar-refractivity contribution in [1.29, 1.82) is 0 Å². The number of nitrogens with zero attached hydrogens (tertiary/aromatic N) is 2. The smallest absolute Gasteiger partial charge is 0.422 e. The third kappa shape index (κ3) is 5.52. The minimum Gasteiger partial charge on any atom is -0.482 e. The molecule has 1 amide bonds. The molecule has 0 aliphatic carbocycles. The first kappa shape index (κ1) is 20.5. The molecule has 0 aromatic carbocycles.